The van der Waals surface area contributed by atoms with E-state index in [0.29, 0.717) is 5.75 Å². The number of hydrogen-bond donors (Lipinski definition) is 2. The second kappa shape index (κ2) is 13.0. The van der Waals surface area contributed by atoms with E-state index in [1.54, 1.807) is 0 Å². The Morgan fingerprint density at radius 2 is 1.58 bits per heavy atom. The molecule has 14 heteroatoms. The summed E-state index contributed by atoms with van der Waals surface area (Å²) in [6, 6.07) is 13.0. The number of halogens is 1. The molecule has 0 aromatic heterocycles. The van der Waals surface area contributed by atoms with E-state index in [0.717, 1.165) is 28.0 Å². The normalized spacial score (nSPS) is 15.0. The first kappa shape index (κ1) is 30.4. The van der Waals surface area contributed by atoms with E-state index in [2.05, 4.69) is 5.32 Å². The van der Waals surface area contributed by atoms with E-state index < -0.39 is 53.1 Å². The van der Waals surface area contributed by atoms with Crippen molar-refractivity contribution in [2.75, 3.05) is 27.3 Å². The van der Waals surface area contributed by atoms with Crippen LogP contribution in [0.15, 0.2) is 66.7 Å². The van der Waals surface area contributed by atoms with E-state index in [-0.39, 0.29) is 41.2 Å². The van der Waals surface area contributed by atoms with E-state index in [9.17, 15) is 38.8 Å². The highest BCUT2D eigenvalue weighted by Gasteiger charge is 2.44. The van der Waals surface area contributed by atoms with Gasteiger partial charge in [-0.05, 0) is 42.0 Å². The number of amides is 3. The SMILES string of the molecule is COc1ccc(C(=O)N2CCN(C(=O)c3cccc(F)c3)C2C(=O)NC(CC(=O)O)c2cccc([N+](=O)[O-])c2)cc1OC. The summed E-state index contributed by atoms with van der Waals surface area (Å²) in [7, 11) is 2.80. The molecule has 0 bridgehead atoms. The topological polar surface area (TPSA) is 169 Å². The minimum Gasteiger partial charge on any atom is -0.493 e. The molecule has 1 aliphatic heterocycles. The van der Waals surface area contributed by atoms with Gasteiger partial charge < -0.3 is 29.7 Å². The summed E-state index contributed by atoms with van der Waals surface area (Å²) >= 11 is 0. The maximum atomic E-state index is 14.0. The van der Waals surface area contributed by atoms with Crippen LogP contribution in [0.4, 0.5) is 10.1 Å². The summed E-state index contributed by atoms with van der Waals surface area (Å²) in [4.78, 5) is 65.6. The lowest BCUT2D eigenvalue weighted by Gasteiger charge is -2.31. The summed E-state index contributed by atoms with van der Waals surface area (Å²) in [6.45, 7) is -0.195. The van der Waals surface area contributed by atoms with Crippen LogP contribution in [0.2, 0.25) is 0 Å². The first-order chi connectivity index (χ1) is 20.5. The van der Waals surface area contributed by atoms with Crippen LogP contribution in [0.3, 0.4) is 0 Å². The van der Waals surface area contributed by atoms with Crippen molar-refractivity contribution >= 4 is 29.4 Å². The predicted octanol–water partition coefficient (Wildman–Crippen LogP) is 3.01. The fraction of sp³-hybridized carbons (Fsp3) is 0.241. The molecule has 1 saturated heterocycles. The third-order valence-corrected chi connectivity index (χ3v) is 6.81. The number of aliphatic carboxylic acids is 1. The number of nitro groups is 1. The highest BCUT2D eigenvalue weighted by Crippen LogP contribution is 2.30. The van der Waals surface area contributed by atoms with Gasteiger partial charge in [-0.1, -0.05) is 18.2 Å². The van der Waals surface area contributed by atoms with Gasteiger partial charge in [0.2, 0.25) is 0 Å². The lowest BCUT2D eigenvalue weighted by atomic mass is 10.0. The molecule has 4 rings (SSSR count). The van der Waals surface area contributed by atoms with Crippen LogP contribution in [-0.2, 0) is 9.59 Å². The highest BCUT2D eigenvalue weighted by atomic mass is 19.1. The fourth-order valence-corrected chi connectivity index (χ4v) is 4.79. The molecule has 0 aliphatic carbocycles. The molecular weight excluding hydrogens is 567 g/mol. The zero-order valence-electron chi connectivity index (χ0n) is 23.1. The molecule has 2 unspecified atom stereocenters. The van der Waals surface area contributed by atoms with E-state index >= 15 is 0 Å². The number of rotatable bonds is 10. The Labute approximate surface area is 244 Å². The number of nitro benzene ring substituents is 1. The fourth-order valence-electron chi connectivity index (χ4n) is 4.79. The molecule has 43 heavy (non-hydrogen) atoms. The molecular formula is C29H27FN4O9. The second-order valence-corrected chi connectivity index (χ2v) is 9.46. The zero-order valence-corrected chi connectivity index (χ0v) is 23.1. The van der Waals surface area contributed by atoms with Gasteiger partial charge in [-0.3, -0.25) is 29.3 Å². The number of carboxylic acid groups (broad SMARTS) is 1. The molecule has 1 heterocycles. The lowest BCUT2D eigenvalue weighted by Crippen LogP contribution is -2.54. The van der Waals surface area contributed by atoms with Gasteiger partial charge >= 0.3 is 5.97 Å². The minimum absolute atomic E-state index is 0.0704. The molecule has 0 radical (unpaired) electrons. The van der Waals surface area contributed by atoms with Crippen molar-refractivity contribution in [3.05, 3.63) is 99.4 Å². The van der Waals surface area contributed by atoms with Crippen molar-refractivity contribution in [1.29, 1.82) is 0 Å². The van der Waals surface area contributed by atoms with Gasteiger partial charge in [0.1, 0.15) is 5.82 Å². The largest absolute Gasteiger partial charge is 0.493 e. The van der Waals surface area contributed by atoms with E-state index in [4.69, 9.17) is 9.47 Å². The van der Waals surface area contributed by atoms with Crippen molar-refractivity contribution in [2.24, 2.45) is 0 Å². The Morgan fingerprint density at radius 1 is 0.953 bits per heavy atom. The lowest BCUT2D eigenvalue weighted by molar-refractivity contribution is -0.384. The molecule has 0 saturated carbocycles. The van der Waals surface area contributed by atoms with Crippen molar-refractivity contribution in [3.63, 3.8) is 0 Å². The third kappa shape index (κ3) is 6.69. The molecule has 1 fully saturated rings. The van der Waals surface area contributed by atoms with Crippen molar-refractivity contribution in [3.8, 4) is 11.5 Å². The maximum Gasteiger partial charge on any atom is 0.305 e. The van der Waals surface area contributed by atoms with Crippen LogP contribution in [0.25, 0.3) is 0 Å². The Balaban J connectivity index is 1.73. The number of methoxy groups -OCH3 is 2. The zero-order chi connectivity index (χ0) is 31.3. The molecule has 3 aromatic carbocycles. The number of carbonyl (C=O) groups excluding carboxylic acids is 3. The number of carboxylic acids is 1. The van der Waals surface area contributed by atoms with E-state index in [1.807, 2.05) is 0 Å². The smallest absolute Gasteiger partial charge is 0.305 e. The van der Waals surface area contributed by atoms with E-state index in [1.165, 1.54) is 62.8 Å². The average Bonchev–Trinajstić information content (AvgIpc) is 3.44. The molecule has 13 nitrogen and oxygen atoms in total. The van der Waals surface area contributed by atoms with Gasteiger partial charge in [-0.15, -0.1) is 0 Å². The van der Waals surface area contributed by atoms with Gasteiger partial charge in [0.25, 0.3) is 23.4 Å². The molecule has 1 aliphatic rings. The summed E-state index contributed by atoms with van der Waals surface area (Å²) in [5, 5.41) is 23.4. The molecule has 2 N–H and O–H groups in total. The summed E-state index contributed by atoms with van der Waals surface area (Å²) in [5.41, 5.74) is -0.157. The van der Waals surface area contributed by atoms with Crippen LogP contribution in [0.1, 0.15) is 38.7 Å². The Kier molecular flexibility index (Phi) is 9.18. The summed E-state index contributed by atoms with van der Waals surface area (Å²) in [5.74, 6) is -3.72. The molecule has 3 amide bonds. The molecule has 3 aromatic rings. The first-order valence-electron chi connectivity index (χ1n) is 12.9. The summed E-state index contributed by atoms with van der Waals surface area (Å²) in [6.07, 6.45) is -2.23. The van der Waals surface area contributed by atoms with Crippen molar-refractivity contribution < 1.29 is 43.1 Å². The van der Waals surface area contributed by atoms with Crippen LogP contribution in [0, 0.1) is 15.9 Å². The highest BCUT2D eigenvalue weighted by molar-refractivity contribution is 6.02. The van der Waals surface area contributed by atoms with Gasteiger partial charge in [0.15, 0.2) is 17.7 Å². The Hall–Kier alpha value is -5.53. The monoisotopic (exact) mass is 594 g/mol. The number of benzene rings is 3. The number of non-ortho nitro benzene ring substituents is 1. The number of nitrogens with zero attached hydrogens (tertiary/aromatic N) is 3. The van der Waals surface area contributed by atoms with Gasteiger partial charge in [-0.25, -0.2) is 4.39 Å². The standard InChI is InChI=1S/C29H27FN4O9/c1-42-23-10-9-19(15-24(23)43-2)29(39)33-12-11-32(28(38)18-6-3-7-20(30)13-18)27(33)26(37)31-22(16-25(35)36)17-5-4-8-21(14-17)34(40)41/h3-10,13-15,22,27H,11-12,16H2,1-2H3,(H,31,37)(H,35,36). The van der Waals surface area contributed by atoms with Crippen LogP contribution < -0.4 is 14.8 Å². The summed E-state index contributed by atoms with van der Waals surface area (Å²) < 4.78 is 24.5. The molecule has 2 atom stereocenters. The average molecular weight is 595 g/mol. The Morgan fingerprint density at radius 3 is 2.16 bits per heavy atom. The van der Waals surface area contributed by atoms with Gasteiger partial charge in [0.05, 0.1) is 31.6 Å². The maximum absolute atomic E-state index is 14.0. The number of carbonyl (C=O) groups is 4. The van der Waals surface area contributed by atoms with Gasteiger partial charge in [-0.2, -0.15) is 0 Å². The van der Waals surface area contributed by atoms with Crippen molar-refractivity contribution in [1.82, 2.24) is 15.1 Å². The first-order valence-corrected chi connectivity index (χ1v) is 12.9. The molecule has 224 valence electrons. The second-order valence-electron chi connectivity index (χ2n) is 9.46. The quantitative estimate of drug-likeness (QED) is 0.265. The van der Waals surface area contributed by atoms with Crippen molar-refractivity contribution in [2.45, 2.75) is 18.6 Å². The van der Waals surface area contributed by atoms with Crippen LogP contribution in [0.5, 0.6) is 11.5 Å². The minimum atomic E-state index is -1.58. The van der Waals surface area contributed by atoms with Crippen LogP contribution >= 0.6 is 0 Å². The van der Waals surface area contributed by atoms with Gasteiger partial charge in [0, 0.05) is 36.3 Å². The Bertz CT molecular complexity index is 1580. The number of ether oxygens (including phenoxy) is 2. The number of hydrogen-bond acceptors (Lipinski definition) is 8. The van der Waals surface area contributed by atoms with Crippen LogP contribution in [-0.4, -0.2) is 77.0 Å². The molecule has 0 spiro atoms. The third-order valence-electron chi connectivity index (χ3n) is 6.81. The predicted molar refractivity (Wildman–Crippen MR) is 148 cm³/mol. The number of nitrogens with one attached hydrogen (secondary N) is 1.